The molecule has 1 aliphatic heterocycles. The van der Waals surface area contributed by atoms with Gasteiger partial charge in [0.2, 0.25) is 5.91 Å². The first kappa shape index (κ1) is 14.0. The van der Waals surface area contributed by atoms with Crippen molar-refractivity contribution < 1.29 is 9.18 Å². The average Bonchev–Trinajstić information content (AvgIpc) is 2.79. The number of amides is 1. The van der Waals surface area contributed by atoms with Crippen LogP contribution in [0.25, 0.3) is 0 Å². The van der Waals surface area contributed by atoms with Gasteiger partial charge >= 0.3 is 0 Å². The topological polar surface area (TPSA) is 32.3 Å². The van der Waals surface area contributed by atoms with Gasteiger partial charge in [-0.3, -0.25) is 10.1 Å². The van der Waals surface area contributed by atoms with E-state index in [1.807, 2.05) is 11.0 Å². The third-order valence-corrected chi connectivity index (χ3v) is 4.08. The van der Waals surface area contributed by atoms with Gasteiger partial charge in [-0.1, -0.05) is 32.4 Å². The summed E-state index contributed by atoms with van der Waals surface area (Å²) in [4.78, 5) is 13.9. The molecule has 19 heavy (non-hydrogen) atoms. The zero-order valence-electron chi connectivity index (χ0n) is 11.7. The molecule has 2 rings (SSSR count). The van der Waals surface area contributed by atoms with Gasteiger partial charge in [-0.05, 0) is 30.5 Å². The van der Waals surface area contributed by atoms with Gasteiger partial charge in [0.05, 0.1) is 6.54 Å². The van der Waals surface area contributed by atoms with E-state index in [-0.39, 0.29) is 23.9 Å². The van der Waals surface area contributed by atoms with Crippen LogP contribution >= 0.6 is 0 Å². The molecular weight excluding hydrogens is 243 g/mol. The van der Waals surface area contributed by atoms with Crippen molar-refractivity contribution in [1.82, 2.24) is 10.2 Å². The van der Waals surface area contributed by atoms with Gasteiger partial charge in [0.1, 0.15) is 12.0 Å². The van der Waals surface area contributed by atoms with E-state index < -0.39 is 0 Å². The molecule has 0 spiro atoms. The molecule has 3 nitrogen and oxygen atoms in total. The average molecular weight is 264 g/mol. The number of nitrogens with zero attached hydrogens (tertiary/aromatic N) is 1. The van der Waals surface area contributed by atoms with Gasteiger partial charge in [0.25, 0.3) is 0 Å². The second kappa shape index (κ2) is 5.70. The minimum absolute atomic E-state index is 0.0852. The Morgan fingerprint density at radius 1 is 1.47 bits per heavy atom. The second-order valence-electron chi connectivity index (χ2n) is 5.27. The molecule has 1 N–H and O–H groups in total. The van der Waals surface area contributed by atoms with Crippen molar-refractivity contribution >= 4 is 5.91 Å². The van der Waals surface area contributed by atoms with Crippen LogP contribution in [-0.4, -0.2) is 23.4 Å². The summed E-state index contributed by atoms with van der Waals surface area (Å²) in [5.74, 6) is 0.233. The maximum absolute atomic E-state index is 13.3. The van der Waals surface area contributed by atoms with E-state index in [2.05, 4.69) is 26.1 Å². The number of benzene rings is 1. The molecule has 4 heteroatoms. The molecule has 3 atom stereocenters. The summed E-state index contributed by atoms with van der Waals surface area (Å²) in [5, 5.41) is 3.17. The fourth-order valence-corrected chi connectivity index (χ4v) is 2.55. The van der Waals surface area contributed by atoms with E-state index in [1.54, 1.807) is 6.07 Å². The monoisotopic (exact) mass is 264 g/mol. The van der Waals surface area contributed by atoms with Crippen LogP contribution in [0.2, 0.25) is 0 Å². The van der Waals surface area contributed by atoms with Crippen LogP contribution in [0.3, 0.4) is 0 Å². The maximum Gasteiger partial charge on any atom is 0.238 e. The molecule has 1 aromatic carbocycles. The van der Waals surface area contributed by atoms with E-state index in [9.17, 15) is 9.18 Å². The first-order chi connectivity index (χ1) is 9.04. The van der Waals surface area contributed by atoms with Crippen LogP contribution in [0.5, 0.6) is 0 Å². The normalized spacial score (nSPS) is 22.6. The third-order valence-electron chi connectivity index (χ3n) is 4.08. The summed E-state index contributed by atoms with van der Waals surface area (Å²) < 4.78 is 13.3. The van der Waals surface area contributed by atoms with Crippen molar-refractivity contribution in [2.24, 2.45) is 5.92 Å². The predicted molar refractivity (Wildman–Crippen MR) is 72.9 cm³/mol. The minimum Gasteiger partial charge on any atom is -0.319 e. The van der Waals surface area contributed by atoms with E-state index in [0.29, 0.717) is 12.5 Å². The largest absolute Gasteiger partial charge is 0.319 e. The Morgan fingerprint density at radius 2 is 2.21 bits per heavy atom. The first-order valence-electron chi connectivity index (χ1n) is 6.84. The minimum atomic E-state index is -0.269. The summed E-state index contributed by atoms with van der Waals surface area (Å²) in [6, 6.07) is 6.59. The number of hydrogen-bond acceptors (Lipinski definition) is 2. The Morgan fingerprint density at radius 3 is 2.84 bits per heavy atom. The van der Waals surface area contributed by atoms with Crippen molar-refractivity contribution in [2.45, 2.75) is 39.4 Å². The number of carbonyl (C=O) groups is 1. The number of hydrogen-bond donors (Lipinski definition) is 1. The lowest BCUT2D eigenvalue weighted by atomic mass is 9.98. The molecule has 0 aromatic heterocycles. The van der Waals surface area contributed by atoms with E-state index in [4.69, 9.17) is 0 Å². The molecule has 1 amide bonds. The summed E-state index contributed by atoms with van der Waals surface area (Å²) in [5.41, 5.74) is 0.806. The fraction of sp³-hybridized carbons (Fsp3) is 0.533. The van der Waals surface area contributed by atoms with E-state index in [0.717, 1.165) is 12.0 Å². The zero-order valence-corrected chi connectivity index (χ0v) is 11.7. The van der Waals surface area contributed by atoms with Crippen LogP contribution < -0.4 is 5.32 Å². The number of rotatable bonds is 4. The van der Waals surface area contributed by atoms with Crippen LogP contribution in [0.4, 0.5) is 4.39 Å². The Kier molecular flexibility index (Phi) is 4.20. The summed E-state index contributed by atoms with van der Waals surface area (Å²) in [6.07, 6.45) is 0.799. The van der Waals surface area contributed by atoms with Crippen LogP contribution in [0, 0.1) is 11.7 Å². The SMILES string of the molecule is CCC(C)C(C)N1C(=O)CNC1c1cccc(F)c1. The highest BCUT2D eigenvalue weighted by molar-refractivity contribution is 5.81. The molecule has 1 saturated heterocycles. The summed E-state index contributed by atoms with van der Waals surface area (Å²) in [6.45, 7) is 6.64. The molecule has 0 saturated carbocycles. The quantitative estimate of drug-likeness (QED) is 0.907. The van der Waals surface area contributed by atoms with Gasteiger partial charge in [0.15, 0.2) is 0 Å². The molecule has 0 bridgehead atoms. The highest BCUT2D eigenvalue weighted by Crippen LogP contribution is 2.28. The lowest BCUT2D eigenvalue weighted by Gasteiger charge is -2.34. The molecule has 1 aromatic rings. The Labute approximate surface area is 113 Å². The molecule has 0 radical (unpaired) electrons. The Balaban J connectivity index is 2.27. The fourth-order valence-electron chi connectivity index (χ4n) is 2.55. The standard InChI is InChI=1S/C15H21FN2O/c1-4-10(2)11(3)18-14(19)9-17-15(18)12-6-5-7-13(16)8-12/h5-8,10-11,15,17H,4,9H2,1-3H3. The first-order valence-corrected chi connectivity index (χ1v) is 6.84. The highest BCUT2D eigenvalue weighted by atomic mass is 19.1. The maximum atomic E-state index is 13.3. The van der Waals surface area contributed by atoms with Crippen molar-refractivity contribution in [3.05, 3.63) is 35.6 Å². The summed E-state index contributed by atoms with van der Waals surface area (Å²) >= 11 is 0. The van der Waals surface area contributed by atoms with Crippen LogP contribution in [0.1, 0.15) is 38.9 Å². The second-order valence-corrected chi connectivity index (χ2v) is 5.27. The van der Waals surface area contributed by atoms with Crippen molar-refractivity contribution in [3.8, 4) is 0 Å². The number of nitrogens with one attached hydrogen (secondary N) is 1. The molecule has 104 valence electrons. The van der Waals surface area contributed by atoms with Gasteiger partial charge < -0.3 is 4.90 Å². The lowest BCUT2D eigenvalue weighted by Crippen LogP contribution is -2.41. The van der Waals surface area contributed by atoms with Gasteiger partial charge in [-0.2, -0.15) is 0 Å². The zero-order chi connectivity index (χ0) is 14.0. The predicted octanol–water partition coefficient (Wildman–Crippen LogP) is 2.69. The van der Waals surface area contributed by atoms with E-state index in [1.165, 1.54) is 12.1 Å². The van der Waals surface area contributed by atoms with Gasteiger partial charge in [-0.15, -0.1) is 0 Å². The lowest BCUT2D eigenvalue weighted by molar-refractivity contribution is -0.131. The Bertz CT molecular complexity index is 463. The third kappa shape index (κ3) is 2.78. The van der Waals surface area contributed by atoms with Gasteiger partial charge in [-0.25, -0.2) is 4.39 Å². The van der Waals surface area contributed by atoms with Crippen LogP contribution in [-0.2, 0) is 4.79 Å². The molecule has 1 heterocycles. The number of halogens is 1. The summed E-state index contributed by atoms with van der Waals surface area (Å²) in [7, 11) is 0. The smallest absolute Gasteiger partial charge is 0.238 e. The van der Waals surface area contributed by atoms with Crippen molar-refractivity contribution in [3.63, 3.8) is 0 Å². The van der Waals surface area contributed by atoms with Gasteiger partial charge in [0, 0.05) is 6.04 Å². The molecule has 1 fully saturated rings. The molecule has 1 aliphatic rings. The highest BCUT2D eigenvalue weighted by Gasteiger charge is 2.36. The molecular formula is C15H21FN2O. The van der Waals surface area contributed by atoms with Crippen molar-refractivity contribution in [2.75, 3.05) is 6.54 Å². The molecule has 3 unspecified atom stereocenters. The Hall–Kier alpha value is -1.42. The van der Waals surface area contributed by atoms with E-state index >= 15 is 0 Å². The van der Waals surface area contributed by atoms with Crippen LogP contribution in [0.15, 0.2) is 24.3 Å². The number of carbonyl (C=O) groups excluding carboxylic acids is 1. The van der Waals surface area contributed by atoms with Crippen molar-refractivity contribution in [1.29, 1.82) is 0 Å². The molecule has 0 aliphatic carbocycles.